The normalized spacial score (nSPS) is 24.3. The summed E-state index contributed by atoms with van der Waals surface area (Å²) in [4.78, 5) is 23.6. The van der Waals surface area contributed by atoms with E-state index in [4.69, 9.17) is 19.0 Å². The van der Waals surface area contributed by atoms with Crippen molar-refractivity contribution >= 4 is 19.7 Å². The predicted octanol–water partition coefficient (Wildman–Crippen LogP) is 2.62. The first-order valence-electron chi connectivity index (χ1n) is 11.1. The van der Waals surface area contributed by atoms with E-state index in [9.17, 15) is 9.90 Å². The van der Waals surface area contributed by atoms with Gasteiger partial charge >= 0.3 is 0 Å². The summed E-state index contributed by atoms with van der Waals surface area (Å²) in [6.45, 7) is 12.0. The molecule has 1 fully saturated rings. The van der Waals surface area contributed by atoms with Gasteiger partial charge in [-0.05, 0) is 34.6 Å². The number of imidazole rings is 1. The minimum absolute atomic E-state index is 0.149. The summed E-state index contributed by atoms with van der Waals surface area (Å²) in [5, 5.41) is 19.0. The monoisotopic (exact) mass is 480 g/mol. The van der Waals surface area contributed by atoms with Crippen molar-refractivity contribution in [1.29, 1.82) is 5.26 Å². The summed E-state index contributed by atoms with van der Waals surface area (Å²) in [5.41, 5.74) is 0.338. The maximum atomic E-state index is 12.2. The van der Waals surface area contributed by atoms with Crippen molar-refractivity contribution in [2.75, 3.05) is 13.2 Å². The van der Waals surface area contributed by atoms with Crippen molar-refractivity contribution < 1.29 is 18.9 Å². The van der Waals surface area contributed by atoms with Crippen LogP contribution in [0.5, 0.6) is 0 Å². The Morgan fingerprint density at radius 1 is 1.39 bits per heavy atom. The van der Waals surface area contributed by atoms with Gasteiger partial charge in [0.25, 0.3) is 14.1 Å². The molecule has 0 aromatic carbocycles. The van der Waals surface area contributed by atoms with Crippen LogP contribution in [-0.2, 0) is 13.8 Å². The van der Waals surface area contributed by atoms with Crippen LogP contribution >= 0.6 is 8.53 Å². The number of hydrogen-bond acceptors (Lipinski definition) is 9. The Balaban J connectivity index is 1.90. The number of nitrogens with one attached hydrogen (secondary N) is 1. The third-order valence-electron chi connectivity index (χ3n) is 5.53. The lowest BCUT2D eigenvalue weighted by atomic mass is 10.0. The lowest BCUT2D eigenvalue weighted by Crippen LogP contribution is -2.37. The van der Waals surface area contributed by atoms with Crippen molar-refractivity contribution in [2.45, 2.75) is 78.5 Å². The minimum atomic E-state index is -1.51. The maximum Gasteiger partial charge on any atom is 0.279 e. The standard InChI is InChI=1S/C21H33N6O5P/c1-12(2)27(13(3)4)33(30-9-7-8-22)32-18-14(5)21(31-16(18)10-28)26-11-23-17-19(26)24-15(6)25-20(17)29/h11-14,16,18,21,28H,7,9-10H2,1-6H3,(H,24,25,29)/t14-,16+,18?,21+,33?/m0/s1. The molecular weight excluding hydrogens is 447 g/mol. The summed E-state index contributed by atoms with van der Waals surface area (Å²) in [7, 11) is -1.51. The van der Waals surface area contributed by atoms with Gasteiger partial charge in [0.2, 0.25) is 0 Å². The summed E-state index contributed by atoms with van der Waals surface area (Å²) in [6.07, 6.45) is 0.180. The van der Waals surface area contributed by atoms with E-state index in [0.29, 0.717) is 11.5 Å². The van der Waals surface area contributed by atoms with E-state index >= 15 is 0 Å². The van der Waals surface area contributed by atoms with Crippen molar-refractivity contribution in [3.8, 4) is 6.07 Å². The van der Waals surface area contributed by atoms with Crippen LogP contribution in [0.15, 0.2) is 11.1 Å². The number of nitriles is 1. The lowest BCUT2D eigenvalue weighted by Gasteiger charge is -2.38. The average Bonchev–Trinajstić information content (AvgIpc) is 3.28. The Bertz CT molecular complexity index is 1030. The van der Waals surface area contributed by atoms with Crippen LogP contribution < -0.4 is 5.56 Å². The molecule has 2 unspecified atom stereocenters. The van der Waals surface area contributed by atoms with E-state index in [1.165, 1.54) is 6.33 Å². The average molecular weight is 481 g/mol. The molecule has 1 aliphatic rings. The molecule has 0 bridgehead atoms. The molecule has 0 spiro atoms. The molecule has 3 heterocycles. The topological polar surface area (TPSA) is 139 Å². The van der Waals surface area contributed by atoms with Crippen molar-refractivity contribution in [2.24, 2.45) is 5.92 Å². The van der Waals surface area contributed by atoms with Gasteiger partial charge in [0, 0.05) is 18.0 Å². The molecule has 0 aliphatic carbocycles. The van der Waals surface area contributed by atoms with Crippen LogP contribution in [-0.4, -0.2) is 66.8 Å². The van der Waals surface area contributed by atoms with E-state index < -0.39 is 27.0 Å². The molecule has 3 rings (SSSR count). The highest BCUT2D eigenvalue weighted by atomic mass is 31.2. The number of nitrogens with zero attached hydrogens (tertiary/aromatic N) is 5. The quantitative estimate of drug-likeness (QED) is 0.388. The summed E-state index contributed by atoms with van der Waals surface area (Å²) in [6, 6.07) is 2.39. The number of aliphatic hydroxyl groups is 1. The van der Waals surface area contributed by atoms with Gasteiger partial charge in [-0.15, -0.1) is 0 Å². The Morgan fingerprint density at radius 2 is 2.09 bits per heavy atom. The highest BCUT2D eigenvalue weighted by Gasteiger charge is 2.46. The molecular formula is C21H33N6O5P. The number of aliphatic hydroxyl groups excluding tert-OH is 1. The second-order valence-corrected chi connectivity index (χ2v) is 10.1. The number of H-pyrrole nitrogens is 1. The molecule has 12 heteroatoms. The lowest BCUT2D eigenvalue weighted by molar-refractivity contribution is -0.0430. The first-order valence-corrected chi connectivity index (χ1v) is 12.3. The van der Waals surface area contributed by atoms with E-state index in [0.717, 1.165) is 0 Å². The number of aryl methyl sites for hydroxylation is 1. The highest BCUT2D eigenvalue weighted by Crippen LogP contribution is 2.51. The van der Waals surface area contributed by atoms with E-state index in [2.05, 4.69) is 53.4 Å². The minimum Gasteiger partial charge on any atom is -0.394 e. The second-order valence-electron chi connectivity index (χ2n) is 8.70. The first kappa shape index (κ1) is 25.7. The van der Waals surface area contributed by atoms with Crippen LogP contribution in [0, 0.1) is 24.2 Å². The molecule has 0 saturated carbocycles. The van der Waals surface area contributed by atoms with Crippen molar-refractivity contribution in [3.63, 3.8) is 0 Å². The number of aromatic amines is 1. The van der Waals surface area contributed by atoms with Gasteiger partial charge in [-0.1, -0.05) is 6.92 Å². The molecule has 0 radical (unpaired) electrons. The number of aromatic nitrogens is 4. The fourth-order valence-corrected chi connectivity index (χ4v) is 5.97. The molecule has 1 aliphatic heterocycles. The Hall–Kier alpha value is -1.93. The number of rotatable bonds is 10. The van der Waals surface area contributed by atoms with E-state index in [-0.39, 0.29) is 48.7 Å². The molecule has 11 nitrogen and oxygen atoms in total. The highest BCUT2D eigenvalue weighted by molar-refractivity contribution is 7.44. The van der Waals surface area contributed by atoms with E-state index in [1.807, 2.05) is 6.92 Å². The Labute approximate surface area is 194 Å². The zero-order valence-corrected chi connectivity index (χ0v) is 20.8. The zero-order chi connectivity index (χ0) is 24.3. The van der Waals surface area contributed by atoms with Gasteiger partial charge in [0.1, 0.15) is 24.3 Å². The summed E-state index contributed by atoms with van der Waals surface area (Å²) in [5.74, 6) is 0.275. The fraction of sp³-hybridized carbons (Fsp3) is 0.714. The first-order chi connectivity index (χ1) is 15.7. The van der Waals surface area contributed by atoms with Gasteiger partial charge < -0.3 is 23.9 Å². The van der Waals surface area contributed by atoms with Gasteiger partial charge in [0.05, 0.1) is 32.0 Å². The summed E-state index contributed by atoms with van der Waals surface area (Å²) >= 11 is 0. The van der Waals surface area contributed by atoms with Gasteiger partial charge in [-0.2, -0.15) is 5.26 Å². The van der Waals surface area contributed by atoms with Gasteiger partial charge in [0.15, 0.2) is 11.2 Å². The molecule has 33 heavy (non-hydrogen) atoms. The van der Waals surface area contributed by atoms with Crippen LogP contribution in [0.25, 0.3) is 11.2 Å². The second kappa shape index (κ2) is 11.0. The zero-order valence-electron chi connectivity index (χ0n) is 19.9. The molecule has 2 aromatic heterocycles. The molecule has 5 atom stereocenters. The number of ether oxygens (including phenoxy) is 1. The largest absolute Gasteiger partial charge is 0.394 e. The smallest absolute Gasteiger partial charge is 0.279 e. The maximum absolute atomic E-state index is 12.2. The van der Waals surface area contributed by atoms with Crippen molar-refractivity contribution in [1.82, 2.24) is 24.2 Å². The van der Waals surface area contributed by atoms with Gasteiger partial charge in [-0.25, -0.2) is 14.6 Å². The summed E-state index contributed by atoms with van der Waals surface area (Å²) < 4.78 is 22.6. The predicted molar refractivity (Wildman–Crippen MR) is 123 cm³/mol. The Morgan fingerprint density at radius 3 is 2.70 bits per heavy atom. The fourth-order valence-electron chi connectivity index (χ4n) is 4.13. The third-order valence-corrected chi connectivity index (χ3v) is 7.66. The van der Waals surface area contributed by atoms with Gasteiger partial charge in [-0.3, -0.25) is 9.36 Å². The molecule has 1 saturated heterocycles. The molecule has 2 N–H and O–H groups in total. The number of hydrogen-bond donors (Lipinski definition) is 2. The van der Waals surface area contributed by atoms with Crippen LogP contribution in [0.2, 0.25) is 0 Å². The number of fused-ring (bicyclic) bond motifs is 1. The van der Waals surface area contributed by atoms with Crippen LogP contribution in [0.4, 0.5) is 0 Å². The molecule has 0 amide bonds. The third kappa shape index (κ3) is 5.43. The SMILES string of the molecule is Cc1nc2c(ncn2[C@@H]2O[C@H](CO)C(OP(OCCC#N)N(C(C)C)C(C)C)[C@@H]2C)c(=O)[nH]1. The van der Waals surface area contributed by atoms with Crippen LogP contribution in [0.3, 0.4) is 0 Å². The Kier molecular flexibility index (Phi) is 8.56. The molecule has 182 valence electrons. The van der Waals surface area contributed by atoms with Crippen molar-refractivity contribution in [3.05, 3.63) is 22.5 Å². The van der Waals surface area contributed by atoms with Crippen LogP contribution in [0.1, 0.15) is 53.1 Å². The van der Waals surface area contributed by atoms with E-state index in [1.54, 1.807) is 11.5 Å². The molecule has 2 aromatic rings.